The molecule has 0 atom stereocenters. The molecule has 110 valence electrons. The van der Waals surface area contributed by atoms with Gasteiger partial charge in [-0.15, -0.1) is 0 Å². The molecule has 0 aromatic heterocycles. The van der Waals surface area contributed by atoms with Gasteiger partial charge in [-0.25, -0.2) is 0 Å². The molecule has 0 amide bonds. The molecule has 0 aliphatic heterocycles. The molecule has 0 radical (unpaired) electrons. The molecule has 0 aliphatic carbocycles. The maximum absolute atomic E-state index is 8.99. The maximum atomic E-state index is 8.99. The first-order valence-corrected chi connectivity index (χ1v) is 6.85. The average molecular weight is 286 g/mol. The van der Waals surface area contributed by atoms with Crippen molar-refractivity contribution in [2.75, 3.05) is 13.2 Å². The molecule has 5 heteroatoms. The highest BCUT2D eigenvalue weighted by Gasteiger charge is 2.09. The summed E-state index contributed by atoms with van der Waals surface area (Å²) in [6, 6.07) is 12.7. The van der Waals surface area contributed by atoms with Gasteiger partial charge in [0.1, 0.15) is 24.7 Å². The summed E-state index contributed by atoms with van der Waals surface area (Å²) in [6.45, 7) is 4.94. The van der Waals surface area contributed by atoms with Gasteiger partial charge in [-0.1, -0.05) is 29.8 Å². The summed E-state index contributed by atoms with van der Waals surface area (Å²) in [7, 11) is -1.45. The molecule has 0 heterocycles. The second-order valence-corrected chi connectivity index (χ2v) is 4.91. The molecule has 2 aromatic rings. The van der Waals surface area contributed by atoms with Crippen molar-refractivity contribution in [3.63, 3.8) is 0 Å². The van der Waals surface area contributed by atoms with E-state index in [0.29, 0.717) is 24.4 Å². The van der Waals surface area contributed by atoms with Crippen LogP contribution in [0, 0.1) is 13.8 Å². The zero-order valence-corrected chi connectivity index (χ0v) is 12.2. The smallest absolute Gasteiger partial charge is 0.488 e. The van der Waals surface area contributed by atoms with Crippen molar-refractivity contribution < 1.29 is 19.5 Å². The van der Waals surface area contributed by atoms with Crippen LogP contribution in [-0.4, -0.2) is 30.4 Å². The Morgan fingerprint density at radius 3 is 2.19 bits per heavy atom. The van der Waals surface area contributed by atoms with Crippen LogP contribution in [0.25, 0.3) is 0 Å². The van der Waals surface area contributed by atoms with E-state index < -0.39 is 7.12 Å². The first kappa shape index (κ1) is 15.4. The van der Waals surface area contributed by atoms with E-state index >= 15 is 0 Å². The fourth-order valence-corrected chi connectivity index (χ4v) is 2.01. The molecule has 2 rings (SSSR count). The van der Waals surface area contributed by atoms with Crippen molar-refractivity contribution in [3.05, 3.63) is 53.6 Å². The third-order valence-electron chi connectivity index (χ3n) is 3.12. The SMILES string of the molecule is Cc1ccc(OCCOc2ccc(B(O)O)cc2)c(C)c1. The molecule has 21 heavy (non-hydrogen) atoms. The van der Waals surface area contributed by atoms with Gasteiger partial charge < -0.3 is 19.5 Å². The van der Waals surface area contributed by atoms with Gasteiger partial charge in [-0.3, -0.25) is 0 Å². The molecule has 2 N–H and O–H groups in total. The van der Waals surface area contributed by atoms with Crippen LogP contribution in [0.15, 0.2) is 42.5 Å². The third-order valence-corrected chi connectivity index (χ3v) is 3.12. The van der Waals surface area contributed by atoms with E-state index in [0.717, 1.165) is 11.3 Å². The van der Waals surface area contributed by atoms with Gasteiger partial charge in [0.05, 0.1) is 0 Å². The van der Waals surface area contributed by atoms with Gasteiger partial charge in [-0.2, -0.15) is 0 Å². The Kier molecular flexibility index (Phi) is 5.25. The van der Waals surface area contributed by atoms with Gasteiger partial charge >= 0.3 is 7.12 Å². The fraction of sp³-hybridized carbons (Fsp3) is 0.250. The van der Waals surface area contributed by atoms with Crippen LogP contribution in [0.4, 0.5) is 0 Å². The minimum absolute atomic E-state index is 0.425. The molecule has 0 saturated carbocycles. The van der Waals surface area contributed by atoms with Gasteiger partial charge in [0.15, 0.2) is 0 Å². The highest BCUT2D eigenvalue weighted by atomic mass is 16.5. The Hall–Kier alpha value is -1.98. The molecular formula is C16H19BO4. The minimum Gasteiger partial charge on any atom is -0.490 e. The van der Waals surface area contributed by atoms with E-state index in [1.165, 1.54) is 5.56 Å². The lowest BCUT2D eigenvalue weighted by Crippen LogP contribution is -2.29. The summed E-state index contributed by atoms with van der Waals surface area (Å²) in [6.07, 6.45) is 0. The number of hydrogen-bond donors (Lipinski definition) is 2. The highest BCUT2D eigenvalue weighted by molar-refractivity contribution is 6.58. The highest BCUT2D eigenvalue weighted by Crippen LogP contribution is 2.18. The molecule has 0 aliphatic rings. The summed E-state index contributed by atoms with van der Waals surface area (Å²) < 4.78 is 11.2. The summed E-state index contributed by atoms with van der Waals surface area (Å²) in [5.41, 5.74) is 2.76. The van der Waals surface area contributed by atoms with Crippen molar-refractivity contribution >= 4 is 12.6 Å². The summed E-state index contributed by atoms with van der Waals surface area (Å²) in [5.74, 6) is 1.53. The first-order valence-electron chi connectivity index (χ1n) is 6.85. The van der Waals surface area contributed by atoms with Gasteiger partial charge in [-0.05, 0) is 43.1 Å². The molecule has 0 fully saturated rings. The number of rotatable bonds is 6. The van der Waals surface area contributed by atoms with Crippen LogP contribution in [-0.2, 0) is 0 Å². The fourth-order valence-electron chi connectivity index (χ4n) is 2.01. The van der Waals surface area contributed by atoms with Gasteiger partial charge in [0, 0.05) is 0 Å². The van der Waals surface area contributed by atoms with Crippen LogP contribution < -0.4 is 14.9 Å². The second-order valence-electron chi connectivity index (χ2n) is 4.91. The van der Waals surface area contributed by atoms with Crippen molar-refractivity contribution in [1.82, 2.24) is 0 Å². The molecule has 0 bridgehead atoms. The Balaban J connectivity index is 1.79. The maximum Gasteiger partial charge on any atom is 0.488 e. The number of aryl methyl sites for hydroxylation is 2. The van der Waals surface area contributed by atoms with E-state index in [4.69, 9.17) is 19.5 Å². The summed E-state index contributed by atoms with van der Waals surface area (Å²) in [4.78, 5) is 0. The Labute approximate surface area is 125 Å². The van der Waals surface area contributed by atoms with Crippen LogP contribution in [0.5, 0.6) is 11.5 Å². The van der Waals surface area contributed by atoms with E-state index in [9.17, 15) is 0 Å². The van der Waals surface area contributed by atoms with Crippen molar-refractivity contribution in [2.24, 2.45) is 0 Å². The summed E-state index contributed by atoms with van der Waals surface area (Å²) >= 11 is 0. The van der Waals surface area contributed by atoms with Crippen LogP contribution in [0.1, 0.15) is 11.1 Å². The Morgan fingerprint density at radius 1 is 0.905 bits per heavy atom. The van der Waals surface area contributed by atoms with E-state index in [1.807, 2.05) is 26.0 Å². The van der Waals surface area contributed by atoms with E-state index in [2.05, 4.69) is 6.07 Å². The molecule has 0 unspecified atom stereocenters. The molecule has 0 saturated heterocycles. The predicted molar refractivity (Wildman–Crippen MR) is 83.2 cm³/mol. The topological polar surface area (TPSA) is 58.9 Å². The molecule has 0 spiro atoms. The van der Waals surface area contributed by atoms with Crippen molar-refractivity contribution in [2.45, 2.75) is 13.8 Å². The lowest BCUT2D eigenvalue weighted by atomic mass is 9.80. The van der Waals surface area contributed by atoms with E-state index in [1.54, 1.807) is 24.3 Å². The standard InChI is InChI=1S/C16H19BO4/c1-12-3-8-16(13(2)11-12)21-10-9-20-15-6-4-14(5-7-15)17(18)19/h3-8,11,18-19H,9-10H2,1-2H3. The van der Waals surface area contributed by atoms with Gasteiger partial charge in [0.25, 0.3) is 0 Å². The zero-order chi connectivity index (χ0) is 15.2. The lowest BCUT2D eigenvalue weighted by Gasteiger charge is -2.11. The van der Waals surface area contributed by atoms with Gasteiger partial charge in [0.2, 0.25) is 0 Å². The summed E-state index contributed by atoms with van der Waals surface area (Å²) in [5, 5.41) is 18.0. The average Bonchev–Trinajstić information content (AvgIpc) is 2.46. The van der Waals surface area contributed by atoms with Crippen molar-refractivity contribution in [1.29, 1.82) is 0 Å². The van der Waals surface area contributed by atoms with E-state index in [-0.39, 0.29) is 0 Å². The largest absolute Gasteiger partial charge is 0.490 e. The van der Waals surface area contributed by atoms with Crippen LogP contribution in [0.2, 0.25) is 0 Å². The number of benzene rings is 2. The Morgan fingerprint density at radius 2 is 1.57 bits per heavy atom. The zero-order valence-electron chi connectivity index (χ0n) is 12.2. The monoisotopic (exact) mass is 286 g/mol. The molecular weight excluding hydrogens is 267 g/mol. The number of hydrogen-bond acceptors (Lipinski definition) is 4. The quantitative estimate of drug-likeness (QED) is 0.623. The number of ether oxygens (including phenoxy) is 2. The van der Waals surface area contributed by atoms with Crippen LogP contribution in [0.3, 0.4) is 0 Å². The molecule has 4 nitrogen and oxygen atoms in total. The third kappa shape index (κ3) is 4.51. The van der Waals surface area contributed by atoms with Crippen molar-refractivity contribution in [3.8, 4) is 11.5 Å². The second kappa shape index (κ2) is 7.15. The van der Waals surface area contributed by atoms with Crippen LogP contribution >= 0.6 is 0 Å². The lowest BCUT2D eigenvalue weighted by molar-refractivity contribution is 0.216. The predicted octanol–water partition coefficient (Wildman–Crippen LogP) is 1.44. The Bertz CT molecular complexity index is 581. The molecule has 2 aromatic carbocycles. The normalized spacial score (nSPS) is 10.3. The minimum atomic E-state index is -1.45. The first-order chi connectivity index (χ1) is 10.1.